The van der Waals surface area contributed by atoms with Crippen LogP contribution in [0.25, 0.3) is 0 Å². The minimum atomic E-state index is -1.03. The summed E-state index contributed by atoms with van der Waals surface area (Å²) >= 11 is 0. The van der Waals surface area contributed by atoms with Crippen LogP contribution >= 0.6 is 0 Å². The van der Waals surface area contributed by atoms with Crippen molar-refractivity contribution in [3.8, 4) is 0 Å². The summed E-state index contributed by atoms with van der Waals surface area (Å²) in [5, 5.41) is 21.9. The van der Waals surface area contributed by atoms with E-state index < -0.39 is 5.41 Å². The van der Waals surface area contributed by atoms with Crippen molar-refractivity contribution >= 4 is 11.7 Å². The van der Waals surface area contributed by atoms with E-state index in [1.165, 1.54) is 0 Å². The minimum absolute atomic E-state index is 0.110. The van der Waals surface area contributed by atoms with Gasteiger partial charge in [-0.05, 0) is 25.5 Å². The summed E-state index contributed by atoms with van der Waals surface area (Å²) in [5.74, 6) is -0.424. The van der Waals surface area contributed by atoms with Gasteiger partial charge in [0.1, 0.15) is 5.41 Å². The Hall–Kier alpha value is -2.18. The van der Waals surface area contributed by atoms with Gasteiger partial charge in [0, 0.05) is 6.20 Å². The molecule has 1 heterocycles. The highest BCUT2D eigenvalue weighted by molar-refractivity contribution is 6.06. The van der Waals surface area contributed by atoms with Crippen LogP contribution in [0.5, 0.6) is 0 Å². The Morgan fingerprint density at radius 1 is 1.67 bits per heavy atom. The second kappa shape index (κ2) is 5.95. The van der Waals surface area contributed by atoms with Crippen molar-refractivity contribution in [3.05, 3.63) is 24.0 Å². The summed E-state index contributed by atoms with van der Waals surface area (Å²) in [6, 6.07) is 3.48. The van der Waals surface area contributed by atoms with Crippen molar-refractivity contribution in [2.45, 2.75) is 26.8 Å². The molecule has 0 aromatic carbocycles. The van der Waals surface area contributed by atoms with Crippen molar-refractivity contribution in [3.63, 3.8) is 0 Å². The van der Waals surface area contributed by atoms with E-state index in [1.807, 2.05) is 0 Å². The fourth-order valence-corrected chi connectivity index (χ4v) is 1.36. The van der Waals surface area contributed by atoms with E-state index >= 15 is 0 Å². The van der Waals surface area contributed by atoms with E-state index in [0.717, 1.165) is 0 Å². The summed E-state index contributed by atoms with van der Waals surface area (Å²) in [6.45, 7) is 3.66. The molecule has 0 spiro atoms. The van der Waals surface area contributed by atoms with Crippen LogP contribution in [0.4, 0.5) is 0 Å². The third-order valence-electron chi connectivity index (χ3n) is 2.94. The summed E-state index contributed by atoms with van der Waals surface area (Å²) < 4.78 is 0. The van der Waals surface area contributed by atoms with Gasteiger partial charge in [-0.25, -0.2) is 0 Å². The lowest BCUT2D eigenvalue weighted by molar-refractivity contribution is -0.127. The van der Waals surface area contributed by atoms with E-state index in [9.17, 15) is 4.79 Å². The van der Waals surface area contributed by atoms with Gasteiger partial charge in [0.25, 0.3) is 0 Å². The maximum absolute atomic E-state index is 12.0. The van der Waals surface area contributed by atoms with E-state index in [4.69, 9.17) is 10.9 Å². The number of carbonyl (C=O) groups excluding carboxylic acids is 1. The number of oxime groups is 1. The van der Waals surface area contributed by atoms with Gasteiger partial charge in [0.15, 0.2) is 5.84 Å². The quantitative estimate of drug-likeness (QED) is 0.300. The van der Waals surface area contributed by atoms with Crippen LogP contribution in [0, 0.1) is 5.41 Å². The second-order valence-corrected chi connectivity index (χ2v) is 4.07. The molecule has 1 atom stereocenters. The SMILES string of the molecule is CCC(C)(C(=O)NCc1cccnn1)/C(N)=N/O. The molecule has 18 heavy (non-hydrogen) atoms. The minimum Gasteiger partial charge on any atom is -0.409 e. The molecule has 7 nitrogen and oxygen atoms in total. The van der Waals surface area contributed by atoms with Gasteiger partial charge in [0.2, 0.25) is 5.91 Å². The molecule has 7 heteroatoms. The monoisotopic (exact) mass is 251 g/mol. The standard InChI is InChI=1S/C11H17N5O2/c1-3-11(2,9(12)16-18)10(17)13-7-8-5-4-6-14-15-8/h4-6,18H,3,7H2,1-2H3,(H2,12,16)(H,13,17). The van der Waals surface area contributed by atoms with Gasteiger partial charge in [0.05, 0.1) is 12.2 Å². The van der Waals surface area contributed by atoms with E-state index in [2.05, 4.69) is 20.7 Å². The van der Waals surface area contributed by atoms with Crippen LogP contribution in [0.3, 0.4) is 0 Å². The molecule has 0 bridgehead atoms. The topological polar surface area (TPSA) is 113 Å². The van der Waals surface area contributed by atoms with E-state index in [0.29, 0.717) is 12.1 Å². The number of nitrogens with two attached hydrogens (primary N) is 1. The smallest absolute Gasteiger partial charge is 0.233 e. The zero-order valence-electron chi connectivity index (χ0n) is 10.4. The normalized spacial score (nSPS) is 14.9. The average Bonchev–Trinajstić information content (AvgIpc) is 2.43. The molecule has 1 amide bonds. The van der Waals surface area contributed by atoms with E-state index in [1.54, 1.807) is 32.2 Å². The maximum Gasteiger partial charge on any atom is 0.233 e. The maximum atomic E-state index is 12.0. The fourth-order valence-electron chi connectivity index (χ4n) is 1.36. The predicted octanol–water partition coefficient (Wildman–Crippen LogP) is 0.255. The summed E-state index contributed by atoms with van der Waals surface area (Å²) in [6.07, 6.45) is 1.98. The summed E-state index contributed by atoms with van der Waals surface area (Å²) in [4.78, 5) is 12.0. The molecule has 0 aliphatic heterocycles. The van der Waals surface area contributed by atoms with Crippen molar-refractivity contribution in [2.24, 2.45) is 16.3 Å². The molecular weight excluding hydrogens is 234 g/mol. The Balaban J connectivity index is 2.70. The second-order valence-electron chi connectivity index (χ2n) is 4.07. The molecule has 0 aliphatic carbocycles. The predicted molar refractivity (Wildman–Crippen MR) is 65.7 cm³/mol. The van der Waals surface area contributed by atoms with Gasteiger partial charge in [-0.2, -0.15) is 10.2 Å². The number of aromatic nitrogens is 2. The van der Waals surface area contributed by atoms with Crippen LogP contribution in [0.1, 0.15) is 26.0 Å². The number of nitrogens with zero attached hydrogens (tertiary/aromatic N) is 3. The Kier molecular flexibility index (Phi) is 4.59. The van der Waals surface area contributed by atoms with Crippen molar-refractivity contribution in [1.82, 2.24) is 15.5 Å². The third kappa shape index (κ3) is 2.93. The van der Waals surface area contributed by atoms with Crippen molar-refractivity contribution < 1.29 is 10.0 Å². The largest absolute Gasteiger partial charge is 0.409 e. The lowest BCUT2D eigenvalue weighted by atomic mass is 9.85. The number of carbonyl (C=O) groups is 1. The van der Waals surface area contributed by atoms with Crippen molar-refractivity contribution in [1.29, 1.82) is 0 Å². The molecule has 0 radical (unpaired) electrons. The zero-order chi connectivity index (χ0) is 13.6. The average molecular weight is 251 g/mol. The number of hydrogen-bond donors (Lipinski definition) is 3. The zero-order valence-corrected chi connectivity index (χ0v) is 10.4. The number of nitrogens with one attached hydrogen (secondary N) is 1. The number of amidine groups is 1. The Morgan fingerprint density at radius 3 is 2.89 bits per heavy atom. The Labute approximate surface area is 105 Å². The third-order valence-corrected chi connectivity index (χ3v) is 2.94. The highest BCUT2D eigenvalue weighted by atomic mass is 16.4. The van der Waals surface area contributed by atoms with Crippen LogP contribution in [-0.2, 0) is 11.3 Å². The van der Waals surface area contributed by atoms with Gasteiger partial charge in [-0.3, -0.25) is 4.79 Å². The molecular formula is C11H17N5O2. The molecule has 1 aromatic rings. The number of rotatable bonds is 5. The molecule has 0 saturated carbocycles. The van der Waals surface area contributed by atoms with Crippen molar-refractivity contribution in [2.75, 3.05) is 0 Å². The Bertz CT molecular complexity index is 434. The van der Waals surface area contributed by atoms with Crippen LogP contribution < -0.4 is 11.1 Å². The highest BCUT2D eigenvalue weighted by Crippen LogP contribution is 2.21. The number of amides is 1. The first-order valence-electron chi connectivity index (χ1n) is 5.57. The molecule has 1 rings (SSSR count). The molecule has 0 fully saturated rings. The fraction of sp³-hybridized carbons (Fsp3) is 0.455. The first kappa shape index (κ1) is 13.9. The summed E-state index contributed by atoms with van der Waals surface area (Å²) in [7, 11) is 0. The summed E-state index contributed by atoms with van der Waals surface area (Å²) in [5.41, 5.74) is 5.15. The highest BCUT2D eigenvalue weighted by Gasteiger charge is 2.36. The van der Waals surface area contributed by atoms with Gasteiger partial charge in [-0.15, -0.1) is 0 Å². The molecule has 4 N–H and O–H groups in total. The molecule has 1 unspecified atom stereocenters. The van der Waals surface area contributed by atoms with Gasteiger partial charge < -0.3 is 16.3 Å². The van der Waals surface area contributed by atoms with E-state index in [-0.39, 0.29) is 18.3 Å². The molecule has 1 aromatic heterocycles. The number of hydrogen-bond acceptors (Lipinski definition) is 5. The lowest BCUT2D eigenvalue weighted by Crippen LogP contribution is -2.47. The first-order chi connectivity index (χ1) is 8.54. The molecule has 0 aliphatic rings. The van der Waals surface area contributed by atoms with Gasteiger partial charge in [-0.1, -0.05) is 12.1 Å². The molecule has 0 saturated heterocycles. The van der Waals surface area contributed by atoms with Crippen LogP contribution in [0.15, 0.2) is 23.5 Å². The van der Waals surface area contributed by atoms with Crippen LogP contribution in [0.2, 0.25) is 0 Å². The Morgan fingerprint density at radius 2 is 2.39 bits per heavy atom. The van der Waals surface area contributed by atoms with Crippen LogP contribution in [-0.4, -0.2) is 27.1 Å². The van der Waals surface area contributed by atoms with Gasteiger partial charge >= 0.3 is 0 Å². The first-order valence-corrected chi connectivity index (χ1v) is 5.57. The lowest BCUT2D eigenvalue weighted by Gasteiger charge is -2.25. The molecule has 98 valence electrons.